The lowest BCUT2D eigenvalue weighted by molar-refractivity contribution is -0.117. The molecule has 1 aromatic heterocycles. The van der Waals surface area contributed by atoms with Gasteiger partial charge >= 0.3 is 0 Å². The van der Waals surface area contributed by atoms with Crippen molar-refractivity contribution in [2.75, 3.05) is 10.6 Å². The Hall–Kier alpha value is -3.54. The number of fused-ring (bicyclic) bond motifs is 1. The highest BCUT2D eigenvalue weighted by molar-refractivity contribution is 6.02. The van der Waals surface area contributed by atoms with E-state index in [1.54, 1.807) is 36.5 Å². The minimum Gasteiger partial charge on any atom is -0.326 e. The third kappa shape index (κ3) is 5.48. The van der Waals surface area contributed by atoms with Crippen molar-refractivity contribution in [1.29, 1.82) is 0 Å². The fraction of sp³-hybridized carbons (Fsp3) is 0.182. The van der Waals surface area contributed by atoms with Crippen molar-refractivity contribution in [3.05, 3.63) is 66.5 Å². The second-order valence-electron chi connectivity index (χ2n) is 6.83. The summed E-state index contributed by atoms with van der Waals surface area (Å²) in [5, 5.41) is 5.61. The Balaban J connectivity index is 1.57. The highest BCUT2D eigenvalue weighted by Crippen LogP contribution is 2.15. The lowest BCUT2D eigenvalue weighted by Crippen LogP contribution is -2.14. The van der Waals surface area contributed by atoms with Gasteiger partial charge in [0.05, 0.1) is 22.9 Å². The second-order valence-corrected chi connectivity index (χ2v) is 6.83. The number of aromatic nitrogens is 2. The molecule has 2 N–H and O–H groups in total. The van der Waals surface area contributed by atoms with E-state index in [4.69, 9.17) is 0 Å². The van der Waals surface area contributed by atoms with Gasteiger partial charge in [0.2, 0.25) is 11.8 Å². The summed E-state index contributed by atoms with van der Waals surface area (Å²) in [6.45, 7) is 3.99. The van der Waals surface area contributed by atoms with Gasteiger partial charge in [-0.15, -0.1) is 0 Å². The van der Waals surface area contributed by atoms with Gasteiger partial charge in [-0.05, 0) is 48.4 Å². The number of benzene rings is 2. The van der Waals surface area contributed by atoms with Crippen LogP contribution in [-0.2, 0) is 9.59 Å². The van der Waals surface area contributed by atoms with Gasteiger partial charge in [-0.2, -0.15) is 0 Å². The van der Waals surface area contributed by atoms with E-state index in [0.29, 0.717) is 29.4 Å². The number of anilines is 2. The molecule has 1 heterocycles. The van der Waals surface area contributed by atoms with Crippen molar-refractivity contribution >= 4 is 40.3 Å². The first-order valence-corrected chi connectivity index (χ1v) is 9.10. The van der Waals surface area contributed by atoms with E-state index in [-0.39, 0.29) is 11.8 Å². The monoisotopic (exact) mass is 374 g/mol. The second kappa shape index (κ2) is 8.90. The first kappa shape index (κ1) is 19.2. The number of hydrogen-bond donors (Lipinski definition) is 2. The zero-order chi connectivity index (χ0) is 19.9. The Morgan fingerprint density at radius 2 is 1.61 bits per heavy atom. The number of nitrogens with one attached hydrogen (secondary N) is 2. The van der Waals surface area contributed by atoms with Gasteiger partial charge in [0.25, 0.3) is 0 Å². The normalized spacial score (nSPS) is 11.1. The minimum atomic E-state index is -0.272. The van der Waals surface area contributed by atoms with Crippen LogP contribution in [0.5, 0.6) is 0 Å². The van der Waals surface area contributed by atoms with E-state index < -0.39 is 0 Å². The molecule has 3 aromatic rings. The molecule has 0 spiro atoms. The smallest absolute Gasteiger partial charge is 0.248 e. The summed E-state index contributed by atoms with van der Waals surface area (Å²) in [7, 11) is 0. The molecular weight excluding hydrogens is 352 g/mol. The molecule has 28 heavy (non-hydrogen) atoms. The minimum absolute atomic E-state index is 0.0220. The Morgan fingerprint density at radius 1 is 0.964 bits per heavy atom. The average molecular weight is 374 g/mol. The molecule has 0 aliphatic rings. The van der Waals surface area contributed by atoms with Crippen molar-refractivity contribution in [1.82, 2.24) is 9.97 Å². The highest BCUT2D eigenvalue weighted by Gasteiger charge is 2.05. The summed E-state index contributed by atoms with van der Waals surface area (Å²) in [4.78, 5) is 32.7. The predicted octanol–water partition coefficient (Wildman–Crippen LogP) is 4.27. The third-order valence-electron chi connectivity index (χ3n) is 3.90. The zero-order valence-electron chi connectivity index (χ0n) is 15.8. The van der Waals surface area contributed by atoms with Crippen molar-refractivity contribution in [3.8, 4) is 0 Å². The molecule has 0 bridgehead atoms. The van der Waals surface area contributed by atoms with Crippen LogP contribution >= 0.6 is 0 Å². The van der Waals surface area contributed by atoms with E-state index in [2.05, 4.69) is 20.6 Å². The SMILES string of the molecule is CC(C)CC(=O)Nc1ccc(NC(=O)/C=C/c2cnc3ccccc3n2)cc1. The van der Waals surface area contributed by atoms with Gasteiger partial charge in [0.15, 0.2) is 0 Å². The van der Waals surface area contributed by atoms with Crippen molar-refractivity contribution in [2.24, 2.45) is 5.92 Å². The molecule has 0 aliphatic carbocycles. The molecule has 0 radical (unpaired) electrons. The average Bonchev–Trinajstić information content (AvgIpc) is 2.67. The molecule has 0 saturated carbocycles. The summed E-state index contributed by atoms with van der Waals surface area (Å²) in [5.74, 6) is 0.00964. The Morgan fingerprint density at radius 3 is 2.29 bits per heavy atom. The van der Waals surface area contributed by atoms with Crippen LogP contribution in [0, 0.1) is 5.92 Å². The van der Waals surface area contributed by atoms with E-state index in [1.165, 1.54) is 6.08 Å². The molecule has 3 rings (SSSR count). The molecule has 0 aliphatic heterocycles. The number of carbonyl (C=O) groups is 2. The van der Waals surface area contributed by atoms with Crippen molar-refractivity contribution in [3.63, 3.8) is 0 Å². The quantitative estimate of drug-likeness (QED) is 0.631. The summed E-state index contributed by atoms with van der Waals surface area (Å²) in [5.41, 5.74) is 3.54. The standard InChI is InChI=1S/C22H22N4O2/c1-15(2)13-22(28)26-17-9-7-16(8-10-17)25-21(27)12-11-18-14-23-19-5-3-4-6-20(19)24-18/h3-12,14-15H,13H2,1-2H3,(H,25,27)(H,26,28)/b12-11+. The summed E-state index contributed by atoms with van der Waals surface area (Å²) in [6, 6.07) is 14.6. The number of para-hydroxylation sites is 2. The molecule has 0 unspecified atom stereocenters. The Bertz CT molecular complexity index is 1010. The number of carbonyl (C=O) groups excluding carboxylic acids is 2. The molecule has 0 fully saturated rings. The van der Waals surface area contributed by atoms with E-state index in [9.17, 15) is 9.59 Å². The van der Waals surface area contributed by atoms with Crippen LogP contribution in [0.3, 0.4) is 0 Å². The van der Waals surface area contributed by atoms with Crippen LogP contribution in [0.15, 0.2) is 60.8 Å². The maximum Gasteiger partial charge on any atom is 0.248 e. The van der Waals surface area contributed by atoms with Crippen LogP contribution in [0.25, 0.3) is 17.1 Å². The van der Waals surface area contributed by atoms with Gasteiger partial charge in [-0.25, -0.2) is 4.98 Å². The zero-order valence-corrected chi connectivity index (χ0v) is 15.8. The highest BCUT2D eigenvalue weighted by atomic mass is 16.2. The number of rotatable bonds is 6. The maximum atomic E-state index is 12.1. The van der Waals surface area contributed by atoms with Crippen LogP contribution < -0.4 is 10.6 Å². The predicted molar refractivity (Wildman–Crippen MR) is 112 cm³/mol. The van der Waals surface area contributed by atoms with E-state index in [0.717, 1.165) is 11.0 Å². The Kier molecular flexibility index (Phi) is 6.11. The van der Waals surface area contributed by atoms with Crippen molar-refractivity contribution < 1.29 is 9.59 Å². The van der Waals surface area contributed by atoms with Crippen LogP contribution in [0.2, 0.25) is 0 Å². The number of nitrogens with zero attached hydrogens (tertiary/aromatic N) is 2. The van der Waals surface area contributed by atoms with Crippen LogP contribution in [-0.4, -0.2) is 21.8 Å². The lowest BCUT2D eigenvalue weighted by Gasteiger charge is -2.08. The van der Waals surface area contributed by atoms with Gasteiger partial charge in [0, 0.05) is 23.9 Å². The van der Waals surface area contributed by atoms with Crippen molar-refractivity contribution in [2.45, 2.75) is 20.3 Å². The fourth-order valence-electron chi connectivity index (χ4n) is 2.62. The summed E-state index contributed by atoms with van der Waals surface area (Å²) < 4.78 is 0. The van der Waals surface area contributed by atoms with Crippen LogP contribution in [0.4, 0.5) is 11.4 Å². The molecule has 2 aromatic carbocycles. The van der Waals surface area contributed by atoms with Gasteiger partial charge in [-0.3, -0.25) is 14.6 Å². The van der Waals surface area contributed by atoms with Gasteiger partial charge in [0.1, 0.15) is 0 Å². The summed E-state index contributed by atoms with van der Waals surface area (Å²) >= 11 is 0. The maximum absolute atomic E-state index is 12.1. The van der Waals surface area contributed by atoms with Crippen LogP contribution in [0.1, 0.15) is 26.0 Å². The topological polar surface area (TPSA) is 84.0 Å². The molecule has 6 nitrogen and oxygen atoms in total. The number of hydrogen-bond acceptors (Lipinski definition) is 4. The van der Waals surface area contributed by atoms with Gasteiger partial charge in [-0.1, -0.05) is 26.0 Å². The van der Waals surface area contributed by atoms with Gasteiger partial charge < -0.3 is 10.6 Å². The summed E-state index contributed by atoms with van der Waals surface area (Å²) in [6.07, 6.45) is 5.13. The largest absolute Gasteiger partial charge is 0.326 e. The van der Waals surface area contributed by atoms with E-state index in [1.807, 2.05) is 38.1 Å². The first-order valence-electron chi connectivity index (χ1n) is 9.10. The fourth-order valence-corrected chi connectivity index (χ4v) is 2.62. The molecule has 6 heteroatoms. The first-order chi connectivity index (χ1) is 13.5. The molecule has 2 amide bonds. The molecule has 0 saturated heterocycles. The number of amides is 2. The Labute approximate surface area is 163 Å². The molecule has 142 valence electrons. The lowest BCUT2D eigenvalue weighted by atomic mass is 10.1. The van der Waals surface area contributed by atoms with E-state index >= 15 is 0 Å². The third-order valence-corrected chi connectivity index (χ3v) is 3.90. The molecular formula is C22H22N4O2. The molecule has 0 atom stereocenters.